The number of rotatable bonds is 3. The van der Waals surface area contributed by atoms with Crippen LogP contribution in [0.5, 0.6) is 5.75 Å². The number of hydrogen-bond donors (Lipinski definition) is 1. The average Bonchev–Trinajstić information content (AvgIpc) is 2.06. The summed E-state index contributed by atoms with van der Waals surface area (Å²) in [6.07, 6.45) is 0. The van der Waals surface area contributed by atoms with Crippen molar-refractivity contribution in [1.82, 2.24) is 0 Å². The van der Waals surface area contributed by atoms with Crippen LogP contribution in [0, 0.1) is 0 Å². The Hall–Kier alpha value is -0.510. The second-order valence-corrected chi connectivity index (χ2v) is 3.70. The molecular formula is C8H7Cl2NOS. The fourth-order valence-corrected chi connectivity index (χ4v) is 1.13. The summed E-state index contributed by atoms with van der Waals surface area (Å²) in [6.45, 7) is 0.162. The van der Waals surface area contributed by atoms with Crippen molar-refractivity contribution in [2.45, 2.75) is 0 Å². The lowest BCUT2D eigenvalue weighted by Crippen LogP contribution is -2.17. The molecule has 0 saturated carbocycles. The molecule has 70 valence electrons. The number of nitrogens with two attached hydrogens (primary N) is 1. The maximum absolute atomic E-state index is 5.81. The van der Waals surface area contributed by atoms with Gasteiger partial charge in [-0.15, -0.1) is 0 Å². The Morgan fingerprint density at radius 2 is 2.15 bits per heavy atom. The molecule has 0 amide bonds. The molecular weight excluding hydrogens is 229 g/mol. The Bertz CT molecular complexity index is 330. The third-order valence-corrected chi connectivity index (χ3v) is 1.93. The SMILES string of the molecule is NC(=S)COc1cc(Cl)ccc1Cl. The van der Waals surface area contributed by atoms with Gasteiger partial charge in [-0.25, -0.2) is 0 Å². The fraction of sp³-hybridized carbons (Fsp3) is 0.125. The lowest BCUT2D eigenvalue weighted by Gasteiger charge is -2.06. The third-order valence-electron chi connectivity index (χ3n) is 1.26. The average molecular weight is 236 g/mol. The van der Waals surface area contributed by atoms with Crippen LogP contribution in [0.4, 0.5) is 0 Å². The first kappa shape index (κ1) is 10.6. The highest BCUT2D eigenvalue weighted by molar-refractivity contribution is 7.80. The van der Waals surface area contributed by atoms with Crippen LogP contribution in [0.15, 0.2) is 18.2 Å². The second-order valence-electron chi connectivity index (χ2n) is 2.33. The van der Waals surface area contributed by atoms with Gasteiger partial charge in [0.05, 0.1) is 5.02 Å². The number of ether oxygens (including phenoxy) is 1. The van der Waals surface area contributed by atoms with Gasteiger partial charge in [0.25, 0.3) is 0 Å². The summed E-state index contributed by atoms with van der Waals surface area (Å²) in [4.78, 5) is 0.274. The van der Waals surface area contributed by atoms with Gasteiger partial charge in [0, 0.05) is 11.1 Å². The molecule has 13 heavy (non-hydrogen) atoms. The van der Waals surface area contributed by atoms with E-state index in [9.17, 15) is 0 Å². The van der Waals surface area contributed by atoms with E-state index in [2.05, 4.69) is 12.2 Å². The van der Waals surface area contributed by atoms with Crippen molar-refractivity contribution in [3.63, 3.8) is 0 Å². The predicted octanol–water partition coefficient (Wildman–Crippen LogP) is 2.66. The van der Waals surface area contributed by atoms with Crippen LogP contribution in [0.3, 0.4) is 0 Å². The van der Waals surface area contributed by atoms with Crippen LogP contribution >= 0.6 is 35.4 Å². The molecule has 1 rings (SSSR count). The molecule has 5 heteroatoms. The van der Waals surface area contributed by atoms with Crippen LogP contribution in [0.1, 0.15) is 0 Å². The molecule has 0 aliphatic rings. The van der Waals surface area contributed by atoms with Crippen LogP contribution in [0.2, 0.25) is 10.0 Å². The molecule has 0 bridgehead atoms. The molecule has 0 aliphatic carbocycles. The largest absolute Gasteiger partial charge is 0.485 e. The Morgan fingerprint density at radius 1 is 1.46 bits per heavy atom. The van der Waals surface area contributed by atoms with E-state index >= 15 is 0 Å². The fourth-order valence-electron chi connectivity index (χ4n) is 0.737. The predicted molar refractivity (Wildman–Crippen MR) is 58.7 cm³/mol. The highest BCUT2D eigenvalue weighted by Crippen LogP contribution is 2.27. The summed E-state index contributed by atoms with van der Waals surface area (Å²) in [5, 5.41) is 1.04. The van der Waals surface area contributed by atoms with E-state index in [0.29, 0.717) is 15.8 Å². The zero-order valence-electron chi connectivity index (χ0n) is 6.59. The summed E-state index contributed by atoms with van der Waals surface area (Å²) < 4.78 is 5.20. The first-order valence-corrected chi connectivity index (χ1v) is 4.62. The summed E-state index contributed by atoms with van der Waals surface area (Å²) in [6, 6.07) is 4.94. The zero-order valence-corrected chi connectivity index (χ0v) is 8.92. The monoisotopic (exact) mass is 235 g/mol. The van der Waals surface area contributed by atoms with Gasteiger partial charge in [-0.2, -0.15) is 0 Å². The van der Waals surface area contributed by atoms with Gasteiger partial charge in [-0.3, -0.25) is 0 Å². The minimum atomic E-state index is 0.162. The smallest absolute Gasteiger partial charge is 0.140 e. The summed E-state index contributed by atoms with van der Waals surface area (Å²) in [7, 11) is 0. The molecule has 1 aromatic carbocycles. The molecule has 0 spiro atoms. The normalized spacial score (nSPS) is 9.69. The molecule has 0 unspecified atom stereocenters. The topological polar surface area (TPSA) is 35.2 Å². The van der Waals surface area contributed by atoms with Crippen LogP contribution in [0.25, 0.3) is 0 Å². The highest BCUT2D eigenvalue weighted by Gasteiger charge is 2.02. The van der Waals surface area contributed by atoms with Crippen LogP contribution in [-0.2, 0) is 0 Å². The zero-order chi connectivity index (χ0) is 9.84. The molecule has 1 aromatic rings. The quantitative estimate of drug-likeness (QED) is 0.819. The van der Waals surface area contributed by atoms with E-state index in [1.165, 1.54) is 0 Å². The standard InChI is InChI=1S/C8H7Cl2NOS/c9-5-1-2-6(10)7(3-5)12-4-8(11)13/h1-3H,4H2,(H2,11,13). The van der Waals surface area contributed by atoms with E-state index in [-0.39, 0.29) is 11.6 Å². The van der Waals surface area contributed by atoms with Crippen LogP contribution in [-0.4, -0.2) is 11.6 Å². The van der Waals surface area contributed by atoms with Gasteiger partial charge in [0.1, 0.15) is 17.3 Å². The van der Waals surface area contributed by atoms with E-state index < -0.39 is 0 Å². The lowest BCUT2D eigenvalue weighted by molar-refractivity contribution is 0.378. The summed E-state index contributed by atoms with van der Waals surface area (Å²) in [5.74, 6) is 0.488. The van der Waals surface area contributed by atoms with E-state index in [1.807, 2.05) is 0 Å². The minimum Gasteiger partial charge on any atom is -0.485 e. The van der Waals surface area contributed by atoms with Gasteiger partial charge < -0.3 is 10.5 Å². The number of hydrogen-bond acceptors (Lipinski definition) is 2. The lowest BCUT2D eigenvalue weighted by atomic mass is 10.3. The number of thiocarbonyl (C=S) groups is 1. The summed E-state index contributed by atoms with van der Waals surface area (Å²) >= 11 is 16.2. The molecule has 0 radical (unpaired) electrons. The molecule has 0 atom stereocenters. The molecule has 0 aliphatic heterocycles. The first-order valence-electron chi connectivity index (χ1n) is 3.46. The minimum absolute atomic E-state index is 0.162. The first-order chi connectivity index (χ1) is 6.09. The second kappa shape index (κ2) is 4.65. The van der Waals surface area contributed by atoms with Crippen molar-refractivity contribution in [3.05, 3.63) is 28.2 Å². The van der Waals surface area contributed by atoms with E-state index in [4.69, 9.17) is 33.7 Å². The molecule has 0 saturated heterocycles. The van der Waals surface area contributed by atoms with E-state index in [0.717, 1.165) is 0 Å². The van der Waals surface area contributed by atoms with Crippen molar-refractivity contribution < 1.29 is 4.74 Å². The molecule has 0 heterocycles. The number of halogens is 2. The third kappa shape index (κ3) is 3.38. The Balaban J connectivity index is 2.75. The van der Waals surface area contributed by atoms with Gasteiger partial charge in [-0.1, -0.05) is 35.4 Å². The maximum Gasteiger partial charge on any atom is 0.140 e. The van der Waals surface area contributed by atoms with Crippen molar-refractivity contribution >= 4 is 40.4 Å². The Morgan fingerprint density at radius 3 is 2.77 bits per heavy atom. The van der Waals surface area contributed by atoms with Gasteiger partial charge in [0.15, 0.2) is 0 Å². The highest BCUT2D eigenvalue weighted by atomic mass is 35.5. The molecule has 0 fully saturated rings. The van der Waals surface area contributed by atoms with Crippen molar-refractivity contribution in [2.75, 3.05) is 6.61 Å². The summed E-state index contributed by atoms with van der Waals surface area (Å²) in [5.41, 5.74) is 5.26. The maximum atomic E-state index is 5.81. The Labute approximate surface area is 91.6 Å². The van der Waals surface area contributed by atoms with Crippen molar-refractivity contribution in [2.24, 2.45) is 5.73 Å². The van der Waals surface area contributed by atoms with Crippen molar-refractivity contribution in [3.8, 4) is 5.75 Å². The number of benzene rings is 1. The Kier molecular flexibility index (Phi) is 3.78. The van der Waals surface area contributed by atoms with Gasteiger partial charge in [0.2, 0.25) is 0 Å². The van der Waals surface area contributed by atoms with Gasteiger partial charge >= 0.3 is 0 Å². The molecule has 2 nitrogen and oxygen atoms in total. The van der Waals surface area contributed by atoms with E-state index in [1.54, 1.807) is 18.2 Å². The van der Waals surface area contributed by atoms with Crippen molar-refractivity contribution in [1.29, 1.82) is 0 Å². The van der Waals surface area contributed by atoms with Crippen LogP contribution < -0.4 is 10.5 Å². The molecule has 2 N–H and O–H groups in total. The van der Waals surface area contributed by atoms with Gasteiger partial charge in [-0.05, 0) is 12.1 Å². The molecule has 0 aromatic heterocycles.